The summed E-state index contributed by atoms with van der Waals surface area (Å²) in [6, 6.07) is 21.5. The van der Waals surface area contributed by atoms with E-state index in [0.29, 0.717) is 63.2 Å². The Morgan fingerprint density at radius 3 is 2.50 bits per heavy atom. The van der Waals surface area contributed by atoms with Crippen LogP contribution in [0.4, 0.5) is 5.69 Å². The zero-order valence-electron chi connectivity index (χ0n) is 30.9. The lowest BCUT2D eigenvalue weighted by Gasteiger charge is -2.34. The Kier molecular flexibility index (Phi) is 15.2. The number of aliphatic carboxylic acids is 1. The van der Waals surface area contributed by atoms with Crippen molar-refractivity contribution in [2.24, 2.45) is 7.05 Å². The molecule has 1 saturated carbocycles. The Balaban J connectivity index is 0.000000438. The number of carbonyl (C=O) groups is 3. The SMILES string of the molecule is Cn1cc(-c2ccc(CCOCCC(=O)N(CCNCCc3ccc(O)c4c3OCC(=O)N4)C3CCCCC3)cc2)cn1.O=C(O)/C=C/c1ccccc1. The van der Waals surface area contributed by atoms with Crippen LogP contribution < -0.4 is 15.4 Å². The molecule has 2 aliphatic rings. The number of hydrogen-bond donors (Lipinski definition) is 4. The lowest BCUT2D eigenvalue weighted by atomic mass is 9.94. The number of carbonyl (C=O) groups excluding carboxylic acids is 2. The third kappa shape index (κ3) is 12.3. The van der Waals surface area contributed by atoms with Crippen LogP contribution in [0.1, 0.15) is 55.2 Å². The van der Waals surface area contributed by atoms with Crippen LogP contribution >= 0.6 is 0 Å². The summed E-state index contributed by atoms with van der Waals surface area (Å²) in [7, 11) is 1.91. The summed E-state index contributed by atoms with van der Waals surface area (Å²) in [5, 5.41) is 28.7. The molecule has 0 saturated heterocycles. The average molecular weight is 738 g/mol. The highest BCUT2D eigenvalue weighted by molar-refractivity contribution is 5.97. The van der Waals surface area contributed by atoms with Gasteiger partial charge in [-0.15, -0.1) is 0 Å². The molecular formula is C42H51N5O7. The van der Waals surface area contributed by atoms with E-state index in [9.17, 15) is 19.5 Å². The number of aromatic nitrogens is 2. The fourth-order valence-electron chi connectivity index (χ4n) is 6.62. The maximum Gasteiger partial charge on any atom is 0.328 e. The van der Waals surface area contributed by atoms with Gasteiger partial charge in [-0.1, -0.05) is 79.9 Å². The van der Waals surface area contributed by atoms with Gasteiger partial charge in [-0.3, -0.25) is 14.3 Å². The molecule has 1 aliphatic heterocycles. The fraction of sp³-hybridized carbons (Fsp3) is 0.381. The van der Waals surface area contributed by atoms with E-state index in [1.165, 1.54) is 24.8 Å². The van der Waals surface area contributed by atoms with Crippen LogP contribution in [0.25, 0.3) is 17.2 Å². The van der Waals surface area contributed by atoms with Gasteiger partial charge in [0.25, 0.3) is 5.91 Å². The first-order chi connectivity index (χ1) is 26.3. The van der Waals surface area contributed by atoms with Crippen molar-refractivity contribution in [2.45, 2.75) is 57.4 Å². The van der Waals surface area contributed by atoms with Crippen molar-refractivity contribution in [2.75, 3.05) is 44.8 Å². The van der Waals surface area contributed by atoms with Crippen molar-refractivity contribution in [1.82, 2.24) is 20.0 Å². The predicted molar refractivity (Wildman–Crippen MR) is 208 cm³/mol. The largest absolute Gasteiger partial charge is 0.506 e. The molecular weight excluding hydrogens is 686 g/mol. The van der Waals surface area contributed by atoms with Crippen molar-refractivity contribution in [3.05, 3.63) is 102 Å². The van der Waals surface area contributed by atoms with Crippen molar-refractivity contribution in [3.8, 4) is 22.6 Å². The number of carboxylic acid groups (broad SMARTS) is 1. The minimum Gasteiger partial charge on any atom is -0.506 e. The fourth-order valence-corrected chi connectivity index (χ4v) is 6.62. The minimum absolute atomic E-state index is 0.000764. The molecule has 1 aliphatic carbocycles. The van der Waals surface area contributed by atoms with E-state index in [1.807, 2.05) is 55.8 Å². The maximum atomic E-state index is 13.3. The van der Waals surface area contributed by atoms with Crippen LogP contribution in [0.2, 0.25) is 0 Å². The number of aromatic hydroxyl groups is 1. The number of phenolic OH excluding ortho intramolecular Hbond substituents is 1. The highest BCUT2D eigenvalue weighted by atomic mass is 16.5. The summed E-state index contributed by atoms with van der Waals surface area (Å²) in [5.41, 5.74) is 5.60. The minimum atomic E-state index is -0.922. The normalized spacial score (nSPS) is 14.1. The number of benzene rings is 3. The Morgan fingerprint density at radius 2 is 1.78 bits per heavy atom. The number of ether oxygens (including phenoxy) is 2. The van der Waals surface area contributed by atoms with Gasteiger partial charge in [0.15, 0.2) is 12.4 Å². The molecule has 2 amide bonds. The van der Waals surface area contributed by atoms with E-state index in [0.717, 1.165) is 47.6 Å². The number of rotatable bonds is 16. The second-order valence-corrected chi connectivity index (χ2v) is 13.5. The quantitative estimate of drug-likeness (QED) is 0.0630. The maximum absolute atomic E-state index is 13.3. The van der Waals surface area contributed by atoms with Gasteiger partial charge in [0.05, 0.1) is 25.8 Å². The van der Waals surface area contributed by atoms with Crippen LogP contribution in [0, 0.1) is 0 Å². The summed E-state index contributed by atoms with van der Waals surface area (Å²) >= 11 is 0. The monoisotopic (exact) mass is 737 g/mol. The highest BCUT2D eigenvalue weighted by Gasteiger charge is 2.25. The van der Waals surface area contributed by atoms with Gasteiger partial charge in [0.1, 0.15) is 11.4 Å². The van der Waals surface area contributed by atoms with E-state index in [4.69, 9.17) is 14.6 Å². The summed E-state index contributed by atoms with van der Waals surface area (Å²) in [6.45, 7) is 2.99. The zero-order chi connectivity index (χ0) is 38.1. The van der Waals surface area contributed by atoms with Crippen molar-refractivity contribution >= 4 is 29.5 Å². The smallest absolute Gasteiger partial charge is 0.328 e. The molecule has 1 fully saturated rings. The van der Waals surface area contributed by atoms with Crippen molar-refractivity contribution in [3.63, 3.8) is 0 Å². The number of hydrogen-bond acceptors (Lipinski definition) is 8. The van der Waals surface area contributed by atoms with E-state index in [2.05, 4.69) is 44.9 Å². The molecule has 4 aromatic rings. The van der Waals surface area contributed by atoms with Gasteiger partial charge in [-0.05, 0) is 66.6 Å². The zero-order valence-corrected chi connectivity index (χ0v) is 30.9. The molecule has 12 heteroatoms. The molecule has 0 spiro atoms. The van der Waals surface area contributed by atoms with Gasteiger partial charge in [0.2, 0.25) is 5.91 Å². The van der Waals surface area contributed by atoms with Gasteiger partial charge < -0.3 is 35.2 Å². The van der Waals surface area contributed by atoms with Crippen LogP contribution in [-0.2, 0) is 39.0 Å². The first-order valence-electron chi connectivity index (χ1n) is 18.7. The molecule has 2 heterocycles. The Labute approximate surface area is 316 Å². The number of amides is 2. The molecule has 12 nitrogen and oxygen atoms in total. The molecule has 0 atom stereocenters. The van der Waals surface area contributed by atoms with E-state index >= 15 is 0 Å². The first-order valence-corrected chi connectivity index (χ1v) is 18.7. The van der Waals surface area contributed by atoms with Crippen LogP contribution in [0.3, 0.4) is 0 Å². The van der Waals surface area contributed by atoms with Crippen molar-refractivity contribution < 1.29 is 34.1 Å². The predicted octanol–water partition coefficient (Wildman–Crippen LogP) is 5.85. The Morgan fingerprint density at radius 1 is 1.00 bits per heavy atom. The number of aryl methyl sites for hydroxylation is 1. The van der Waals surface area contributed by atoms with Crippen LogP contribution in [-0.4, -0.2) is 88.2 Å². The third-order valence-corrected chi connectivity index (χ3v) is 9.47. The van der Waals surface area contributed by atoms with E-state index in [1.54, 1.807) is 16.8 Å². The van der Waals surface area contributed by atoms with Crippen LogP contribution in [0.5, 0.6) is 11.5 Å². The molecule has 0 unspecified atom stereocenters. The Hall–Kier alpha value is -5.46. The lowest BCUT2D eigenvalue weighted by molar-refractivity contribution is -0.135. The summed E-state index contributed by atoms with van der Waals surface area (Å²) < 4.78 is 13.3. The van der Waals surface area contributed by atoms with Gasteiger partial charge in [-0.25, -0.2) is 4.79 Å². The van der Waals surface area contributed by atoms with E-state index < -0.39 is 5.97 Å². The van der Waals surface area contributed by atoms with E-state index in [-0.39, 0.29) is 24.2 Å². The summed E-state index contributed by atoms with van der Waals surface area (Å²) in [5.74, 6) is -0.508. The average Bonchev–Trinajstić information content (AvgIpc) is 3.63. The number of carboxylic acids is 1. The molecule has 1 aromatic heterocycles. The summed E-state index contributed by atoms with van der Waals surface area (Å²) in [4.78, 5) is 37.1. The first kappa shape index (κ1) is 39.7. The molecule has 286 valence electrons. The number of fused-ring (bicyclic) bond motifs is 1. The topological polar surface area (TPSA) is 155 Å². The number of phenols is 1. The number of nitrogens with zero attached hydrogens (tertiary/aromatic N) is 3. The van der Waals surface area contributed by atoms with Crippen molar-refractivity contribution in [1.29, 1.82) is 0 Å². The molecule has 54 heavy (non-hydrogen) atoms. The van der Waals surface area contributed by atoms with Crippen LogP contribution in [0.15, 0.2) is 85.2 Å². The van der Waals surface area contributed by atoms with Gasteiger partial charge in [0, 0.05) is 44.0 Å². The number of nitrogens with one attached hydrogen (secondary N) is 2. The molecule has 4 N–H and O–H groups in total. The molecule has 3 aromatic carbocycles. The Bertz CT molecular complexity index is 1840. The second kappa shape index (κ2) is 20.7. The third-order valence-electron chi connectivity index (χ3n) is 9.47. The molecule has 0 radical (unpaired) electrons. The standard InChI is InChI=1S/C33H43N5O5.C9H8O2/c1-37-22-27(21-35-37)25-9-7-24(8-10-25)14-19-42-20-15-31(41)38(28-5-3-2-4-6-28)18-17-34-16-13-26-11-12-29(39)32-33(26)43-23-30(40)36-32;10-9(11)7-6-8-4-2-1-3-5-8/h7-12,21-22,28,34,39H,2-6,13-20,23H2,1H3,(H,36,40);1-7H,(H,10,11)/b;7-6+. The second-order valence-electron chi connectivity index (χ2n) is 13.5. The molecule has 6 rings (SSSR count). The number of anilines is 1. The highest BCUT2D eigenvalue weighted by Crippen LogP contribution is 2.39. The van der Waals surface area contributed by atoms with Gasteiger partial charge >= 0.3 is 5.97 Å². The molecule has 0 bridgehead atoms. The van der Waals surface area contributed by atoms with Gasteiger partial charge in [-0.2, -0.15) is 5.10 Å². The summed E-state index contributed by atoms with van der Waals surface area (Å²) in [6.07, 6.45) is 14.1. The lowest BCUT2D eigenvalue weighted by Crippen LogP contribution is -2.45.